The highest BCUT2D eigenvalue weighted by molar-refractivity contribution is 6.06. The number of benzene rings is 2. The lowest BCUT2D eigenvalue weighted by Crippen LogP contribution is -2.53. The van der Waals surface area contributed by atoms with Crippen LogP contribution in [-0.4, -0.2) is 44.2 Å². The molecule has 0 radical (unpaired) electrons. The molecule has 6 nitrogen and oxygen atoms in total. The molecule has 6 heteroatoms. The third-order valence-corrected chi connectivity index (χ3v) is 5.74. The molecule has 1 saturated heterocycles. The van der Waals surface area contributed by atoms with Crippen molar-refractivity contribution in [2.24, 2.45) is 0 Å². The van der Waals surface area contributed by atoms with Gasteiger partial charge in [-0.1, -0.05) is 18.2 Å². The van der Waals surface area contributed by atoms with Crippen LogP contribution in [0.3, 0.4) is 0 Å². The summed E-state index contributed by atoms with van der Waals surface area (Å²) >= 11 is 0. The summed E-state index contributed by atoms with van der Waals surface area (Å²) in [5.41, 5.74) is 3.54. The number of fused-ring (bicyclic) bond motifs is 1. The Balaban J connectivity index is 1.76. The Bertz CT molecular complexity index is 909. The molecule has 4 rings (SSSR count). The van der Waals surface area contributed by atoms with E-state index in [1.807, 2.05) is 62.5 Å². The molecular formula is C23H27N3O3. The van der Waals surface area contributed by atoms with Gasteiger partial charge in [0.25, 0.3) is 5.91 Å². The van der Waals surface area contributed by atoms with Crippen LogP contribution in [0.25, 0.3) is 0 Å². The van der Waals surface area contributed by atoms with E-state index in [0.29, 0.717) is 13.2 Å². The highest BCUT2D eigenvalue weighted by Crippen LogP contribution is 2.40. The standard InChI is InChI=1S/C23H27N3O3/c1-16-15-25(23(28)22-10-7-13-29-22)21-14-19(11-12-20(21)26(16)17(2)27)24(3)18-8-5-4-6-9-18/h4-6,8-9,11-12,14,16,22H,7,10,13,15H2,1-3H3/t16-,22?/m0/s1. The zero-order chi connectivity index (χ0) is 20.5. The van der Waals surface area contributed by atoms with Gasteiger partial charge in [-0.3, -0.25) is 9.59 Å². The van der Waals surface area contributed by atoms with Crippen molar-refractivity contribution in [3.05, 3.63) is 48.5 Å². The zero-order valence-electron chi connectivity index (χ0n) is 17.2. The summed E-state index contributed by atoms with van der Waals surface area (Å²) in [5, 5.41) is 0. The maximum Gasteiger partial charge on any atom is 0.256 e. The van der Waals surface area contributed by atoms with Gasteiger partial charge in [-0.25, -0.2) is 0 Å². The predicted molar refractivity (Wildman–Crippen MR) is 115 cm³/mol. The first-order chi connectivity index (χ1) is 14.0. The van der Waals surface area contributed by atoms with Crippen molar-refractivity contribution in [1.29, 1.82) is 0 Å². The number of carbonyl (C=O) groups excluding carboxylic acids is 2. The molecule has 2 heterocycles. The van der Waals surface area contributed by atoms with E-state index in [2.05, 4.69) is 4.90 Å². The Kier molecular flexibility index (Phi) is 5.28. The van der Waals surface area contributed by atoms with E-state index in [4.69, 9.17) is 4.74 Å². The number of ether oxygens (including phenoxy) is 1. The van der Waals surface area contributed by atoms with Crippen LogP contribution < -0.4 is 14.7 Å². The Labute approximate surface area is 171 Å². The van der Waals surface area contributed by atoms with E-state index in [1.54, 1.807) is 16.7 Å². The van der Waals surface area contributed by atoms with Gasteiger partial charge in [0, 0.05) is 38.5 Å². The molecule has 0 aromatic heterocycles. The van der Waals surface area contributed by atoms with Crippen LogP contribution in [0.1, 0.15) is 26.7 Å². The van der Waals surface area contributed by atoms with E-state index in [-0.39, 0.29) is 17.9 Å². The molecule has 0 aliphatic carbocycles. The van der Waals surface area contributed by atoms with Gasteiger partial charge in [0.2, 0.25) is 5.91 Å². The maximum absolute atomic E-state index is 13.2. The second-order valence-electron chi connectivity index (χ2n) is 7.76. The largest absolute Gasteiger partial charge is 0.368 e. The predicted octanol–water partition coefficient (Wildman–Crippen LogP) is 3.72. The molecule has 1 unspecified atom stereocenters. The van der Waals surface area contributed by atoms with Gasteiger partial charge in [0.15, 0.2) is 0 Å². The SMILES string of the molecule is CC(=O)N1c2ccc(N(C)c3ccccc3)cc2N(C(=O)C2CCCO2)C[C@@H]1C. The van der Waals surface area contributed by atoms with E-state index in [9.17, 15) is 9.59 Å². The first-order valence-corrected chi connectivity index (χ1v) is 10.1. The van der Waals surface area contributed by atoms with Crippen LogP contribution in [0.4, 0.5) is 22.7 Å². The normalized spacial score (nSPS) is 21.1. The number of hydrogen-bond acceptors (Lipinski definition) is 4. The zero-order valence-corrected chi connectivity index (χ0v) is 17.2. The second kappa shape index (κ2) is 7.87. The fourth-order valence-electron chi connectivity index (χ4n) is 4.26. The van der Waals surface area contributed by atoms with Gasteiger partial charge in [-0.15, -0.1) is 0 Å². The molecule has 0 spiro atoms. The average Bonchev–Trinajstić information content (AvgIpc) is 3.27. The molecule has 0 saturated carbocycles. The number of anilines is 4. The van der Waals surface area contributed by atoms with Crippen LogP contribution >= 0.6 is 0 Å². The van der Waals surface area contributed by atoms with E-state index >= 15 is 0 Å². The molecule has 2 atom stereocenters. The van der Waals surface area contributed by atoms with Crippen molar-refractivity contribution >= 4 is 34.6 Å². The monoisotopic (exact) mass is 393 g/mol. The molecule has 2 aromatic rings. The van der Waals surface area contributed by atoms with Gasteiger partial charge < -0.3 is 19.4 Å². The number of para-hydroxylation sites is 1. The molecule has 0 N–H and O–H groups in total. The van der Waals surface area contributed by atoms with Gasteiger partial charge in [-0.05, 0) is 50.1 Å². The van der Waals surface area contributed by atoms with Crippen molar-refractivity contribution in [3.63, 3.8) is 0 Å². The molecular weight excluding hydrogens is 366 g/mol. The lowest BCUT2D eigenvalue weighted by atomic mass is 10.0. The molecule has 152 valence electrons. The Morgan fingerprint density at radius 2 is 1.83 bits per heavy atom. The fraction of sp³-hybridized carbons (Fsp3) is 0.391. The summed E-state index contributed by atoms with van der Waals surface area (Å²) in [5.74, 6) is -0.0366. The lowest BCUT2D eigenvalue weighted by molar-refractivity contribution is -0.127. The molecule has 2 amide bonds. The molecule has 1 fully saturated rings. The number of nitrogens with zero attached hydrogens (tertiary/aromatic N) is 3. The summed E-state index contributed by atoms with van der Waals surface area (Å²) in [4.78, 5) is 31.2. The van der Waals surface area contributed by atoms with Gasteiger partial charge in [0.05, 0.1) is 17.4 Å². The van der Waals surface area contributed by atoms with E-state index in [0.717, 1.165) is 35.6 Å². The lowest BCUT2D eigenvalue weighted by Gasteiger charge is -2.41. The highest BCUT2D eigenvalue weighted by Gasteiger charge is 2.37. The van der Waals surface area contributed by atoms with Crippen LogP contribution in [0.5, 0.6) is 0 Å². The first kappa shape index (κ1) is 19.5. The number of rotatable bonds is 3. The average molecular weight is 393 g/mol. The number of carbonyl (C=O) groups is 2. The molecule has 29 heavy (non-hydrogen) atoms. The summed E-state index contributed by atoms with van der Waals surface area (Å²) in [7, 11) is 2.00. The second-order valence-corrected chi connectivity index (χ2v) is 7.76. The number of amides is 2. The minimum atomic E-state index is -0.394. The fourth-order valence-corrected chi connectivity index (χ4v) is 4.26. The molecule has 2 aliphatic rings. The molecule has 0 bridgehead atoms. The summed E-state index contributed by atoms with van der Waals surface area (Å²) in [6, 6.07) is 15.9. The van der Waals surface area contributed by atoms with Gasteiger partial charge >= 0.3 is 0 Å². The first-order valence-electron chi connectivity index (χ1n) is 10.1. The van der Waals surface area contributed by atoms with Crippen molar-refractivity contribution in [2.75, 3.05) is 34.9 Å². The Morgan fingerprint density at radius 1 is 1.07 bits per heavy atom. The van der Waals surface area contributed by atoms with Crippen LogP contribution in [0, 0.1) is 0 Å². The van der Waals surface area contributed by atoms with Crippen molar-refractivity contribution in [3.8, 4) is 0 Å². The van der Waals surface area contributed by atoms with Gasteiger partial charge in [0.1, 0.15) is 6.10 Å². The van der Waals surface area contributed by atoms with Crippen LogP contribution in [-0.2, 0) is 14.3 Å². The van der Waals surface area contributed by atoms with Crippen LogP contribution in [0.15, 0.2) is 48.5 Å². The summed E-state index contributed by atoms with van der Waals surface area (Å²) in [6.07, 6.45) is 1.26. The van der Waals surface area contributed by atoms with Crippen molar-refractivity contribution in [1.82, 2.24) is 0 Å². The Hall–Kier alpha value is -2.86. The van der Waals surface area contributed by atoms with Crippen molar-refractivity contribution < 1.29 is 14.3 Å². The van der Waals surface area contributed by atoms with E-state index in [1.165, 1.54) is 0 Å². The minimum absolute atomic E-state index is 0.0154. The summed E-state index contributed by atoms with van der Waals surface area (Å²) < 4.78 is 5.66. The van der Waals surface area contributed by atoms with Gasteiger partial charge in [-0.2, -0.15) is 0 Å². The van der Waals surface area contributed by atoms with Crippen LogP contribution in [0.2, 0.25) is 0 Å². The third kappa shape index (κ3) is 3.60. The Morgan fingerprint density at radius 3 is 2.48 bits per heavy atom. The quantitative estimate of drug-likeness (QED) is 0.798. The minimum Gasteiger partial charge on any atom is -0.368 e. The smallest absolute Gasteiger partial charge is 0.256 e. The number of hydrogen-bond donors (Lipinski definition) is 0. The highest BCUT2D eigenvalue weighted by atomic mass is 16.5. The summed E-state index contributed by atoms with van der Waals surface area (Å²) in [6.45, 7) is 4.64. The van der Waals surface area contributed by atoms with Crippen molar-refractivity contribution in [2.45, 2.75) is 38.8 Å². The topological polar surface area (TPSA) is 53.1 Å². The maximum atomic E-state index is 13.2. The molecule has 2 aliphatic heterocycles. The third-order valence-electron chi connectivity index (χ3n) is 5.74. The van der Waals surface area contributed by atoms with E-state index < -0.39 is 6.10 Å². The molecule has 2 aromatic carbocycles.